The van der Waals surface area contributed by atoms with Crippen molar-refractivity contribution in [3.8, 4) is 0 Å². The van der Waals surface area contributed by atoms with Gasteiger partial charge in [-0.1, -0.05) is 17.7 Å². The van der Waals surface area contributed by atoms with Gasteiger partial charge in [-0.2, -0.15) is 4.72 Å². The highest BCUT2D eigenvalue weighted by Crippen LogP contribution is 2.10. The molecule has 0 amide bonds. The van der Waals surface area contributed by atoms with Gasteiger partial charge in [0.2, 0.25) is 10.0 Å². The quantitative estimate of drug-likeness (QED) is 0.811. The Morgan fingerprint density at radius 1 is 1.29 bits per heavy atom. The summed E-state index contributed by atoms with van der Waals surface area (Å²) in [5, 5.41) is 0. The Kier molecular flexibility index (Phi) is 4.25. The Balaban J connectivity index is 2.89. The van der Waals surface area contributed by atoms with Crippen LogP contribution >= 0.6 is 0 Å². The molecule has 0 spiro atoms. The summed E-state index contributed by atoms with van der Waals surface area (Å²) in [6.07, 6.45) is 0. The van der Waals surface area contributed by atoms with Crippen molar-refractivity contribution >= 4 is 16.0 Å². The van der Waals surface area contributed by atoms with E-state index >= 15 is 0 Å². The fourth-order valence-corrected chi connectivity index (χ4v) is 2.44. The number of benzene rings is 1. The van der Waals surface area contributed by atoms with Crippen molar-refractivity contribution in [1.29, 1.82) is 0 Å². The van der Waals surface area contributed by atoms with Gasteiger partial charge in [-0.3, -0.25) is 4.79 Å². The minimum absolute atomic E-state index is 0.124. The van der Waals surface area contributed by atoms with E-state index in [2.05, 4.69) is 9.46 Å². The predicted molar refractivity (Wildman–Crippen MR) is 63.0 cm³/mol. The molecule has 5 nitrogen and oxygen atoms in total. The molecule has 0 aromatic heterocycles. The van der Waals surface area contributed by atoms with E-state index in [1.165, 1.54) is 26.2 Å². The number of hydrogen-bond donors (Lipinski definition) is 1. The topological polar surface area (TPSA) is 72.5 Å². The SMILES string of the molecule is COC(=O)[C@@H](C)NS(=O)(=O)c1ccc(C)cc1. The lowest BCUT2D eigenvalue weighted by Crippen LogP contribution is -2.39. The van der Waals surface area contributed by atoms with Gasteiger partial charge in [0.25, 0.3) is 0 Å². The fraction of sp³-hybridized carbons (Fsp3) is 0.364. The third-order valence-electron chi connectivity index (χ3n) is 2.22. The van der Waals surface area contributed by atoms with Crippen molar-refractivity contribution in [2.24, 2.45) is 0 Å². The molecular weight excluding hydrogens is 242 g/mol. The number of aryl methyl sites for hydroxylation is 1. The molecule has 94 valence electrons. The molecule has 1 atom stereocenters. The monoisotopic (exact) mass is 257 g/mol. The molecule has 0 aliphatic heterocycles. The van der Waals surface area contributed by atoms with E-state index in [0.717, 1.165) is 5.56 Å². The molecule has 0 bridgehead atoms. The lowest BCUT2D eigenvalue weighted by molar-refractivity contribution is -0.142. The predicted octanol–water partition coefficient (Wildman–Crippen LogP) is 0.835. The summed E-state index contributed by atoms with van der Waals surface area (Å²) in [6, 6.07) is 5.45. The van der Waals surface area contributed by atoms with Gasteiger partial charge in [0, 0.05) is 0 Å². The lowest BCUT2D eigenvalue weighted by Gasteiger charge is -2.12. The Bertz CT molecular complexity index is 493. The zero-order valence-electron chi connectivity index (χ0n) is 9.93. The molecule has 0 saturated carbocycles. The van der Waals surface area contributed by atoms with Crippen LogP contribution in [0.15, 0.2) is 29.2 Å². The first-order valence-electron chi connectivity index (χ1n) is 5.03. The van der Waals surface area contributed by atoms with E-state index < -0.39 is 22.0 Å². The summed E-state index contributed by atoms with van der Waals surface area (Å²) in [5.41, 5.74) is 0.963. The number of carbonyl (C=O) groups excluding carboxylic acids is 1. The molecule has 0 saturated heterocycles. The van der Waals surface area contributed by atoms with Crippen LogP contribution in [-0.2, 0) is 19.6 Å². The number of rotatable bonds is 4. The largest absolute Gasteiger partial charge is 0.468 e. The molecule has 1 aromatic carbocycles. The van der Waals surface area contributed by atoms with E-state index in [1.54, 1.807) is 12.1 Å². The molecule has 0 radical (unpaired) electrons. The number of esters is 1. The van der Waals surface area contributed by atoms with Crippen LogP contribution in [0.5, 0.6) is 0 Å². The average molecular weight is 257 g/mol. The molecule has 0 fully saturated rings. The van der Waals surface area contributed by atoms with E-state index in [9.17, 15) is 13.2 Å². The van der Waals surface area contributed by atoms with Gasteiger partial charge in [-0.05, 0) is 26.0 Å². The van der Waals surface area contributed by atoms with Gasteiger partial charge in [-0.25, -0.2) is 8.42 Å². The number of carbonyl (C=O) groups is 1. The van der Waals surface area contributed by atoms with Crippen molar-refractivity contribution in [3.63, 3.8) is 0 Å². The number of sulfonamides is 1. The van der Waals surface area contributed by atoms with Gasteiger partial charge >= 0.3 is 5.97 Å². The highest BCUT2D eigenvalue weighted by Gasteiger charge is 2.22. The molecule has 0 aliphatic rings. The first-order chi connectivity index (χ1) is 7.86. The second kappa shape index (κ2) is 5.29. The van der Waals surface area contributed by atoms with Gasteiger partial charge in [0.1, 0.15) is 6.04 Å². The minimum Gasteiger partial charge on any atom is -0.468 e. The van der Waals surface area contributed by atoms with Gasteiger partial charge in [0.05, 0.1) is 12.0 Å². The van der Waals surface area contributed by atoms with Gasteiger partial charge < -0.3 is 4.74 Å². The summed E-state index contributed by atoms with van der Waals surface area (Å²) in [7, 11) is -2.47. The Morgan fingerprint density at radius 2 is 1.82 bits per heavy atom. The summed E-state index contributed by atoms with van der Waals surface area (Å²) in [6.45, 7) is 3.29. The smallest absolute Gasteiger partial charge is 0.323 e. The number of methoxy groups -OCH3 is 1. The summed E-state index contributed by atoms with van der Waals surface area (Å²) >= 11 is 0. The maximum Gasteiger partial charge on any atom is 0.323 e. The van der Waals surface area contributed by atoms with Crippen LogP contribution in [0.4, 0.5) is 0 Å². The summed E-state index contributed by atoms with van der Waals surface area (Å²) in [5.74, 6) is -0.624. The normalized spacial score (nSPS) is 13.1. The number of ether oxygens (including phenoxy) is 1. The van der Waals surface area contributed by atoms with E-state index in [0.29, 0.717) is 0 Å². The van der Waals surface area contributed by atoms with Crippen LogP contribution in [0.2, 0.25) is 0 Å². The summed E-state index contributed by atoms with van der Waals surface area (Å²) in [4.78, 5) is 11.2. The molecular formula is C11H15NO4S. The highest BCUT2D eigenvalue weighted by molar-refractivity contribution is 7.89. The second-order valence-electron chi connectivity index (χ2n) is 3.68. The zero-order valence-corrected chi connectivity index (χ0v) is 10.7. The van der Waals surface area contributed by atoms with Crippen molar-refractivity contribution in [1.82, 2.24) is 4.72 Å². The molecule has 6 heteroatoms. The highest BCUT2D eigenvalue weighted by atomic mass is 32.2. The maximum absolute atomic E-state index is 11.9. The Hall–Kier alpha value is -1.40. The first kappa shape index (κ1) is 13.7. The van der Waals surface area contributed by atoms with Crippen LogP contribution in [0.1, 0.15) is 12.5 Å². The van der Waals surface area contributed by atoms with Crippen LogP contribution in [0.25, 0.3) is 0 Å². The first-order valence-corrected chi connectivity index (χ1v) is 6.52. The molecule has 0 heterocycles. The van der Waals surface area contributed by atoms with E-state index in [-0.39, 0.29) is 4.90 Å². The molecule has 1 N–H and O–H groups in total. The maximum atomic E-state index is 11.9. The Morgan fingerprint density at radius 3 is 2.29 bits per heavy atom. The second-order valence-corrected chi connectivity index (χ2v) is 5.39. The van der Waals surface area contributed by atoms with Crippen LogP contribution in [0, 0.1) is 6.92 Å². The summed E-state index contributed by atoms with van der Waals surface area (Å²) < 4.78 is 30.4. The number of hydrogen-bond acceptors (Lipinski definition) is 4. The zero-order chi connectivity index (χ0) is 13.1. The Labute approximate surface area is 101 Å². The van der Waals surface area contributed by atoms with E-state index in [4.69, 9.17) is 0 Å². The van der Waals surface area contributed by atoms with Crippen LogP contribution in [0.3, 0.4) is 0 Å². The van der Waals surface area contributed by atoms with Crippen molar-refractivity contribution in [2.75, 3.05) is 7.11 Å². The van der Waals surface area contributed by atoms with E-state index in [1.807, 2.05) is 6.92 Å². The number of nitrogens with one attached hydrogen (secondary N) is 1. The standard InChI is InChI=1S/C11H15NO4S/c1-8-4-6-10(7-5-8)17(14,15)12-9(2)11(13)16-3/h4-7,9,12H,1-3H3/t9-/m1/s1. The van der Waals surface area contributed by atoms with Crippen molar-refractivity contribution in [3.05, 3.63) is 29.8 Å². The molecule has 0 unspecified atom stereocenters. The van der Waals surface area contributed by atoms with Gasteiger partial charge in [-0.15, -0.1) is 0 Å². The van der Waals surface area contributed by atoms with Gasteiger partial charge in [0.15, 0.2) is 0 Å². The van der Waals surface area contributed by atoms with Crippen LogP contribution < -0.4 is 4.72 Å². The molecule has 1 rings (SSSR count). The molecule has 17 heavy (non-hydrogen) atoms. The fourth-order valence-electron chi connectivity index (χ4n) is 1.24. The molecule has 0 aliphatic carbocycles. The third-order valence-corrected chi connectivity index (χ3v) is 3.77. The average Bonchev–Trinajstić information content (AvgIpc) is 2.27. The molecule has 1 aromatic rings. The van der Waals surface area contributed by atoms with Crippen LogP contribution in [-0.4, -0.2) is 27.5 Å². The third kappa shape index (κ3) is 3.54. The van der Waals surface area contributed by atoms with Crippen molar-refractivity contribution < 1.29 is 17.9 Å². The van der Waals surface area contributed by atoms with Crippen molar-refractivity contribution in [2.45, 2.75) is 24.8 Å². The minimum atomic E-state index is -3.68. The lowest BCUT2D eigenvalue weighted by atomic mass is 10.2.